The molecular formula is C20H22FNO3. The van der Waals surface area contributed by atoms with E-state index in [1.165, 1.54) is 12.1 Å². The number of carbonyl (C=O) groups is 1. The van der Waals surface area contributed by atoms with Gasteiger partial charge in [0.2, 0.25) is 5.91 Å². The van der Waals surface area contributed by atoms with E-state index in [1.54, 1.807) is 17.0 Å². The lowest BCUT2D eigenvalue weighted by Gasteiger charge is -2.32. The monoisotopic (exact) mass is 343 g/mol. The van der Waals surface area contributed by atoms with Gasteiger partial charge in [-0.05, 0) is 29.8 Å². The summed E-state index contributed by atoms with van der Waals surface area (Å²) in [5, 5.41) is 10.2. The van der Waals surface area contributed by atoms with Crippen LogP contribution in [0.15, 0.2) is 54.6 Å². The van der Waals surface area contributed by atoms with Gasteiger partial charge in [-0.2, -0.15) is 0 Å². The molecule has 0 bridgehead atoms. The number of carbonyl (C=O) groups excluding carboxylic acids is 1. The fraction of sp³-hybridized carbons (Fsp3) is 0.350. The summed E-state index contributed by atoms with van der Waals surface area (Å²) < 4.78 is 18.7. The molecule has 1 aliphatic rings. The maximum absolute atomic E-state index is 12.9. The van der Waals surface area contributed by atoms with Gasteiger partial charge in [-0.25, -0.2) is 4.39 Å². The molecule has 0 radical (unpaired) electrons. The summed E-state index contributed by atoms with van der Waals surface area (Å²) in [6, 6.07) is 15.2. The molecule has 3 rings (SSSR count). The average Bonchev–Trinajstić information content (AvgIpc) is 2.65. The highest BCUT2D eigenvalue weighted by Crippen LogP contribution is 2.22. The number of aliphatic hydroxyl groups excluding tert-OH is 1. The van der Waals surface area contributed by atoms with Crippen LogP contribution in [0.4, 0.5) is 4.39 Å². The Morgan fingerprint density at radius 1 is 1.12 bits per heavy atom. The fourth-order valence-corrected chi connectivity index (χ4v) is 3.02. The first-order valence-electron chi connectivity index (χ1n) is 8.55. The first-order chi connectivity index (χ1) is 12.1. The number of rotatable bonds is 5. The third-order valence-electron chi connectivity index (χ3n) is 4.46. The molecular weight excluding hydrogens is 321 g/mol. The number of hydrogen-bond acceptors (Lipinski definition) is 3. The molecule has 1 saturated heterocycles. The van der Waals surface area contributed by atoms with Crippen LogP contribution in [-0.4, -0.2) is 35.1 Å². The van der Waals surface area contributed by atoms with Crippen molar-refractivity contribution in [1.29, 1.82) is 0 Å². The molecule has 1 heterocycles. The van der Waals surface area contributed by atoms with Crippen molar-refractivity contribution in [3.05, 3.63) is 66.0 Å². The molecule has 0 spiro atoms. The van der Waals surface area contributed by atoms with Gasteiger partial charge in [0, 0.05) is 25.9 Å². The molecule has 1 unspecified atom stereocenters. The van der Waals surface area contributed by atoms with E-state index in [4.69, 9.17) is 4.74 Å². The predicted octanol–water partition coefficient (Wildman–Crippen LogP) is 3.32. The molecule has 25 heavy (non-hydrogen) atoms. The first-order valence-corrected chi connectivity index (χ1v) is 8.55. The smallest absolute Gasteiger partial charge is 0.225 e. The van der Waals surface area contributed by atoms with Crippen molar-refractivity contribution >= 4 is 5.91 Å². The van der Waals surface area contributed by atoms with E-state index >= 15 is 0 Å². The minimum atomic E-state index is -0.776. The molecule has 5 heteroatoms. The van der Waals surface area contributed by atoms with Crippen molar-refractivity contribution in [3.63, 3.8) is 0 Å². The molecule has 0 aliphatic carbocycles. The second-order valence-corrected chi connectivity index (χ2v) is 6.28. The molecule has 0 saturated carbocycles. The molecule has 1 atom stereocenters. The number of benzene rings is 2. The Kier molecular flexibility index (Phi) is 5.66. The van der Waals surface area contributed by atoms with E-state index in [1.807, 2.05) is 30.3 Å². The Bertz CT molecular complexity index is 682. The lowest BCUT2D eigenvalue weighted by atomic mass is 10.0. The maximum atomic E-state index is 12.9. The van der Waals surface area contributed by atoms with Gasteiger partial charge in [-0.1, -0.05) is 30.3 Å². The van der Waals surface area contributed by atoms with Crippen LogP contribution in [0.5, 0.6) is 5.75 Å². The molecule has 0 aromatic heterocycles. The summed E-state index contributed by atoms with van der Waals surface area (Å²) in [6.45, 7) is 1.21. The number of likely N-dealkylation sites (tertiary alicyclic amines) is 1. The Morgan fingerprint density at radius 3 is 2.40 bits per heavy atom. The molecule has 132 valence electrons. The SMILES string of the molecule is O=C(CC(O)c1ccccc1)N1CCC(Oc2ccc(F)cc2)CC1. The van der Waals surface area contributed by atoms with Crippen LogP contribution >= 0.6 is 0 Å². The van der Waals surface area contributed by atoms with E-state index < -0.39 is 6.10 Å². The van der Waals surface area contributed by atoms with Crippen molar-refractivity contribution < 1.29 is 19.0 Å². The number of hydrogen-bond donors (Lipinski definition) is 1. The average molecular weight is 343 g/mol. The Labute approximate surface area is 146 Å². The van der Waals surface area contributed by atoms with Crippen LogP contribution in [0.2, 0.25) is 0 Å². The molecule has 1 aliphatic heterocycles. The zero-order valence-electron chi connectivity index (χ0n) is 14.0. The minimum Gasteiger partial charge on any atom is -0.490 e. The first kappa shape index (κ1) is 17.4. The summed E-state index contributed by atoms with van der Waals surface area (Å²) in [5.41, 5.74) is 0.755. The number of ether oxygens (including phenoxy) is 1. The zero-order valence-corrected chi connectivity index (χ0v) is 14.0. The highest BCUT2D eigenvalue weighted by molar-refractivity contribution is 5.77. The van der Waals surface area contributed by atoms with Gasteiger partial charge < -0.3 is 14.7 Å². The molecule has 2 aromatic rings. The quantitative estimate of drug-likeness (QED) is 0.906. The van der Waals surface area contributed by atoms with Crippen LogP contribution < -0.4 is 4.74 Å². The normalized spacial score (nSPS) is 16.5. The summed E-state index contributed by atoms with van der Waals surface area (Å²) in [6.07, 6.45) is 0.790. The van der Waals surface area contributed by atoms with Crippen molar-refractivity contribution in [2.24, 2.45) is 0 Å². The van der Waals surface area contributed by atoms with Gasteiger partial charge in [0.1, 0.15) is 17.7 Å². The van der Waals surface area contributed by atoms with Crippen LogP contribution in [0, 0.1) is 5.82 Å². The number of halogens is 1. The molecule has 2 aromatic carbocycles. The molecule has 1 amide bonds. The van der Waals surface area contributed by atoms with Crippen molar-refractivity contribution in [3.8, 4) is 5.75 Å². The van der Waals surface area contributed by atoms with Gasteiger partial charge in [-0.15, -0.1) is 0 Å². The third kappa shape index (κ3) is 4.79. The zero-order chi connectivity index (χ0) is 17.6. The Balaban J connectivity index is 1.46. The van der Waals surface area contributed by atoms with Gasteiger partial charge in [0.15, 0.2) is 0 Å². The largest absolute Gasteiger partial charge is 0.490 e. The maximum Gasteiger partial charge on any atom is 0.225 e. The fourth-order valence-electron chi connectivity index (χ4n) is 3.02. The standard InChI is InChI=1S/C20H22FNO3/c21-16-6-8-17(9-7-16)25-18-10-12-22(13-11-18)20(24)14-19(23)15-4-2-1-3-5-15/h1-9,18-19,23H,10-14H2. The number of piperidine rings is 1. The van der Waals surface area contributed by atoms with E-state index in [-0.39, 0.29) is 24.2 Å². The topological polar surface area (TPSA) is 49.8 Å². The number of aliphatic hydroxyl groups is 1. The second kappa shape index (κ2) is 8.12. The summed E-state index contributed by atoms with van der Waals surface area (Å²) in [5.74, 6) is 0.312. The predicted molar refractivity (Wildman–Crippen MR) is 92.6 cm³/mol. The number of nitrogens with zero attached hydrogens (tertiary/aromatic N) is 1. The Morgan fingerprint density at radius 2 is 1.76 bits per heavy atom. The van der Waals surface area contributed by atoms with Gasteiger partial charge in [0.25, 0.3) is 0 Å². The molecule has 4 nitrogen and oxygen atoms in total. The summed E-state index contributed by atoms with van der Waals surface area (Å²) in [4.78, 5) is 14.1. The van der Waals surface area contributed by atoms with E-state index in [0.29, 0.717) is 18.8 Å². The highest BCUT2D eigenvalue weighted by Gasteiger charge is 2.25. The van der Waals surface area contributed by atoms with Crippen LogP contribution in [0.1, 0.15) is 30.9 Å². The molecule has 1 fully saturated rings. The van der Waals surface area contributed by atoms with Gasteiger partial charge in [0.05, 0.1) is 12.5 Å². The minimum absolute atomic E-state index is 0.0218. The van der Waals surface area contributed by atoms with Crippen LogP contribution in [0.3, 0.4) is 0 Å². The van der Waals surface area contributed by atoms with E-state index in [9.17, 15) is 14.3 Å². The lowest BCUT2D eigenvalue weighted by Crippen LogP contribution is -2.42. The van der Waals surface area contributed by atoms with E-state index in [0.717, 1.165) is 18.4 Å². The Hall–Kier alpha value is -2.40. The van der Waals surface area contributed by atoms with E-state index in [2.05, 4.69) is 0 Å². The third-order valence-corrected chi connectivity index (χ3v) is 4.46. The van der Waals surface area contributed by atoms with Crippen molar-refractivity contribution in [2.45, 2.75) is 31.5 Å². The lowest BCUT2D eigenvalue weighted by molar-refractivity contribution is -0.135. The highest BCUT2D eigenvalue weighted by atomic mass is 19.1. The van der Waals surface area contributed by atoms with Gasteiger partial charge >= 0.3 is 0 Å². The number of amides is 1. The second-order valence-electron chi connectivity index (χ2n) is 6.28. The van der Waals surface area contributed by atoms with Crippen molar-refractivity contribution in [1.82, 2.24) is 4.90 Å². The van der Waals surface area contributed by atoms with Crippen molar-refractivity contribution in [2.75, 3.05) is 13.1 Å². The van der Waals surface area contributed by atoms with Crippen LogP contribution in [-0.2, 0) is 4.79 Å². The summed E-state index contributed by atoms with van der Waals surface area (Å²) >= 11 is 0. The van der Waals surface area contributed by atoms with Gasteiger partial charge in [-0.3, -0.25) is 4.79 Å². The summed E-state index contributed by atoms with van der Waals surface area (Å²) in [7, 11) is 0. The van der Waals surface area contributed by atoms with Crippen LogP contribution in [0.25, 0.3) is 0 Å². The molecule has 1 N–H and O–H groups in total.